The SMILES string of the molecule is CC.CC/C=C/C(C)(C)NC. The Kier molecular flexibility index (Phi) is 9.44. The van der Waals surface area contributed by atoms with E-state index in [0.29, 0.717) is 0 Å². The van der Waals surface area contributed by atoms with Crippen molar-refractivity contribution in [2.45, 2.75) is 46.6 Å². The molecular formula is C10H23N. The lowest BCUT2D eigenvalue weighted by molar-refractivity contribution is 0.526. The van der Waals surface area contributed by atoms with Gasteiger partial charge in [0.2, 0.25) is 0 Å². The quantitative estimate of drug-likeness (QED) is 0.621. The largest absolute Gasteiger partial charge is 0.311 e. The fourth-order valence-corrected chi connectivity index (χ4v) is 0.496. The van der Waals surface area contributed by atoms with Crippen molar-refractivity contribution in [2.24, 2.45) is 0 Å². The molecular weight excluding hydrogens is 134 g/mol. The van der Waals surface area contributed by atoms with Crippen LogP contribution in [0.25, 0.3) is 0 Å². The first-order valence-corrected chi connectivity index (χ1v) is 4.49. The first-order valence-electron chi connectivity index (χ1n) is 4.49. The Hall–Kier alpha value is -0.300. The minimum absolute atomic E-state index is 0.163. The maximum Gasteiger partial charge on any atom is 0.0304 e. The molecule has 1 N–H and O–H groups in total. The second kappa shape index (κ2) is 7.80. The van der Waals surface area contributed by atoms with Crippen molar-refractivity contribution in [1.82, 2.24) is 5.32 Å². The predicted molar refractivity (Wildman–Crippen MR) is 53.9 cm³/mol. The fraction of sp³-hybridized carbons (Fsp3) is 0.800. The van der Waals surface area contributed by atoms with Crippen LogP contribution in [-0.4, -0.2) is 12.6 Å². The summed E-state index contributed by atoms with van der Waals surface area (Å²) in [4.78, 5) is 0. The highest BCUT2D eigenvalue weighted by Crippen LogP contribution is 2.02. The zero-order chi connectivity index (χ0) is 9.33. The fourth-order valence-electron chi connectivity index (χ4n) is 0.496. The third-order valence-corrected chi connectivity index (χ3v) is 1.41. The maximum absolute atomic E-state index is 3.19. The lowest BCUT2D eigenvalue weighted by Crippen LogP contribution is -2.33. The summed E-state index contributed by atoms with van der Waals surface area (Å²) in [6, 6.07) is 0. The molecule has 0 spiro atoms. The summed E-state index contributed by atoms with van der Waals surface area (Å²) in [6.07, 6.45) is 5.48. The van der Waals surface area contributed by atoms with Gasteiger partial charge < -0.3 is 5.32 Å². The van der Waals surface area contributed by atoms with Gasteiger partial charge in [0.05, 0.1) is 0 Å². The van der Waals surface area contributed by atoms with Gasteiger partial charge in [0.1, 0.15) is 0 Å². The van der Waals surface area contributed by atoms with Crippen molar-refractivity contribution in [2.75, 3.05) is 7.05 Å². The first kappa shape index (κ1) is 13.3. The predicted octanol–water partition coefficient (Wildman–Crippen LogP) is 2.98. The molecule has 0 aromatic heterocycles. The van der Waals surface area contributed by atoms with Gasteiger partial charge >= 0.3 is 0 Å². The van der Waals surface area contributed by atoms with Crippen LogP contribution in [0.15, 0.2) is 12.2 Å². The molecule has 0 saturated carbocycles. The molecule has 0 aromatic carbocycles. The Balaban J connectivity index is 0. The van der Waals surface area contributed by atoms with E-state index in [0.717, 1.165) is 6.42 Å². The second-order valence-electron chi connectivity index (χ2n) is 2.78. The number of rotatable bonds is 3. The Morgan fingerprint density at radius 2 is 1.73 bits per heavy atom. The monoisotopic (exact) mass is 157 g/mol. The summed E-state index contributed by atoms with van der Waals surface area (Å²) in [5.41, 5.74) is 0.163. The van der Waals surface area contributed by atoms with Crippen molar-refractivity contribution in [3.63, 3.8) is 0 Å². The Bertz CT molecular complexity index is 93.0. The lowest BCUT2D eigenvalue weighted by atomic mass is 10.1. The molecule has 1 heteroatoms. The average molecular weight is 157 g/mol. The van der Waals surface area contributed by atoms with E-state index in [-0.39, 0.29) is 5.54 Å². The van der Waals surface area contributed by atoms with E-state index in [4.69, 9.17) is 0 Å². The standard InChI is InChI=1S/C8H17N.C2H6/c1-5-6-7-8(2,3)9-4;1-2/h6-7,9H,5H2,1-4H3;1-2H3/b7-6+;. The average Bonchev–Trinajstić information content (AvgIpc) is 2.05. The summed E-state index contributed by atoms with van der Waals surface area (Å²) in [6.45, 7) is 10.4. The number of allylic oxidation sites excluding steroid dienone is 1. The highest BCUT2D eigenvalue weighted by atomic mass is 14.9. The Morgan fingerprint density at radius 3 is 2.00 bits per heavy atom. The van der Waals surface area contributed by atoms with E-state index in [1.54, 1.807) is 0 Å². The van der Waals surface area contributed by atoms with Gasteiger partial charge in [-0.25, -0.2) is 0 Å². The Morgan fingerprint density at radius 1 is 1.27 bits per heavy atom. The Labute approximate surface area is 71.9 Å². The van der Waals surface area contributed by atoms with Crippen LogP contribution >= 0.6 is 0 Å². The third-order valence-electron chi connectivity index (χ3n) is 1.41. The van der Waals surface area contributed by atoms with Gasteiger partial charge in [-0.15, -0.1) is 0 Å². The molecule has 0 aliphatic heterocycles. The molecule has 0 aliphatic carbocycles. The maximum atomic E-state index is 3.19. The van der Waals surface area contributed by atoms with Gasteiger partial charge in [-0.2, -0.15) is 0 Å². The van der Waals surface area contributed by atoms with Crippen LogP contribution in [0.3, 0.4) is 0 Å². The van der Waals surface area contributed by atoms with Crippen molar-refractivity contribution in [3.8, 4) is 0 Å². The summed E-state index contributed by atoms with van der Waals surface area (Å²) < 4.78 is 0. The molecule has 0 aromatic rings. The summed E-state index contributed by atoms with van der Waals surface area (Å²) in [5, 5.41) is 3.19. The van der Waals surface area contributed by atoms with Crippen LogP contribution in [0.2, 0.25) is 0 Å². The van der Waals surface area contributed by atoms with Crippen LogP contribution in [0, 0.1) is 0 Å². The minimum atomic E-state index is 0.163. The highest BCUT2D eigenvalue weighted by Gasteiger charge is 2.07. The molecule has 0 bridgehead atoms. The van der Waals surface area contributed by atoms with E-state index in [1.807, 2.05) is 20.9 Å². The van der Waals surface area contributed by atoms with Gasteiger partial charge in [-0.1, -0.05) is 32.9 Å². The molecule has 11 heavy (non-hydrogen) atoms. The third kappa shape index (κ3) is 9.70. The molecule has 0 rings (SSSR count). The molecule has 0 atom stereocenters. The van der Waals surface area contributed by atoms with Crippen LogP contribution < -0.4 is 5.32 Å². The van der Waals surface area contributed by atoms with E-state index in [1.165, 1.54) is 0 Å². The molecule has 0 saturated heterocycles. The van der Waals surface area contributed by atoms with Gasteiger partial charge in [-0.05, 0) is 27.3 Å². The van der Waals surface area contributed by atoms with E-state index in [2.05, 4.69) is 38.2 Å². The molecule has 0 radical (unpaired) electrons. The van der Waals surface area contributed by atoms with Crippen LogP contribution in [-0.2, 0) is 0 Å². The molecule has 0 heterocycles. The number of hydrogen-bond acceptors (Lipinski definition) is 1. The molecule has 0 fully saturated rings. The number of nitrogens with one attached hydrogen (secondary N) is 1. The van der Waals surface area contributed by atoms with Gasteiger partial charge in [0, 0.05) is 5.54 Å². The summed E-state index contributed by atoms with van der Waals surface area (Å²) >= 11 is 0. The number of likely N-dealkylation sites (N-methyl/N-ethyl adjacent to an activating group) is 1. The molecule has 0 aliphatic rings. The van der Waals surface area contributed by atoms with Crippen molar-refractivity contribution < 1.29 is 0 Å². The minimum Gasteiger partial charge on any atom is -0.311 e. The second-order valence-corrected chi connectivity index (χ2v) is 2.78. The molecule has 1 nitrogen and oxygen atoms in total. The van der Waals surface area contributed by atoms with Gasteiger partial charge in [-0.3, -0.25) is 0 Å². The van der Waals surface area contributed by atoms with Crippen molar-refractivity contribution in [1.29, 1.82) is 0 Å². The molecule has 68 valence electrons. The first-order chi connectivity index (χ1) is 5.12. The normalized spacial score (nSPS) is 11.1. The highest BCUT2D eigenvalue weighted by molar-refractivity contribution is 4.99. The van der Waals surface area contributed by atoms with Crippen molar-refractivity contribution in [3.05, 3.63) is 12.2 Å². The smallest absolute Gasteiger partial charge is 0.0304 e. The van der Waals surface area contributed by atoms with Crippen molar-refractivity contribution >= 4 is 0 Å². The molecule has 0 unspecified atom stereocenters. The zero-order valence-corrected chi connectivity index (χ0v) is 8.86. The topological polar surface area (TPSA) is 12.0 Å². The van der Waals surface area contributed by atoms with Crippen LogP contribution in [0.4, 0.5) is 0 Å². The summed E-state index contributed by atoms with van der Waals surface area (Å²) in [7, 11) is 1.97. The number of hydrogen-bond donors (Lipinski definition) is 1. The lowest BCUT2D eigenvalue weighted by Gasteiger charge is -2.18. The van der Waals surface area contributed by atoms with E-state index < -0.39 is 0 Å². The van der Waals surface area contributed by atoms with E-state index >= 15 is 0 Å². The van der Waals surface area contributed by atoms with Gasteiger partial charge in [0.15, 0.2) is 0 Å². The van der Waals surface area contributed by atoms with E-state index in [9.17, 15) is 0 Å². The molecule has 0 amide bonds. The van der Waals surface area contributed by atoms with Crippen LogP contribution in [0.5, 0.6) is 0 Å². The summed E-state index contributed by atoms with van der Waals surface area (Å²) in [5.74, 6) is 0. The van der Waals surface area contributed by atoms with Crippen LogP contribution in [0.1, 0.15) is 41.0 Å². The zero-order valence-electron chi connectivity index (χ0n) is 8.86. The van der Waals surface area contributed by atoms with Gasteiger partial charge in [0.25, 0.3) is 0 Å².